The van der Waals surface area contributed by atoms with Crippen LogP contribution < -0.4 is 43.1 Å². The van der Waals surface area contributed by atoms with E-state index >= 15 is 0 Å². The summed E-state index contributed by atoms with van der Waals surface area (Å²) in [6.45, 7) is 6.87. The summed E-state index contributed by atoms with van der Waals surface area (Å²) < 4.78 is 36.2. The second kappa shape index (κ2) is 21.7. The lowest BCUT2D eigenvalue weighted by Crippen LogP contribution is -2.34. The summed E-state index contributed by atoms with van der Waals surface area (Å²) in [6.07, 6.45) is 0. The van der Waals surface area contributed by atoms with E-state index in [2.05, 4.69) is 198 Å². The molecule has 0 amide bonds. The Balaban J connectivity index is 1.05. The Morgan fingerprint density at radius 2 is 0.600 bits per heavy atom. The van der Waals surface area contributed by atoms with Gasteiger partial charge in [0.2, 0.25) is 0 Å². The number of fused-ring (bicyclic) bond motifs is 10. The van der Waals surface area contributed by atoms with Gasteiger partial charge in [0, 0.05) is 62.3 Å². The number of hydrogen-bond donors (Lipinski definition) is 0. The summed E-state index contributed by atoms with van der Waals surface area (Å²) >= 11 is 0. The van der Waals surface area contributed by atoms with Crippen LogP contribution in [0.1, 0.15) is 43.0 Å². The van der Waals surface area contributed by atoms with Crippen molar-refractivity contribution in [2.45, 2.75) is 31.7 Å². The third-order valence-electron chi connectivity index (χ3n) is 16.6. The minimum absolute atomic E-state index is 0.174. The summed E-state index contributed by atoms with van der Waals surface area (Å²) in [7, 11) is 10.2. The summed E-state index contributed by atoms with van der Waals surface area (Å²) in [5.74, 6) is 4.67. The van der Waals surface area contributed by atoms with Crippen LogP contribution >= 0.6 is 0 Å². The third-order valence-corrected chi connectivity index (χ3v) is 16.6. The third kappa shape index (κ3) is 9.38. The Bertz CT molecular complexity index is 3920. The molecule has 0 bridgehead atoms. The molecule has 2 aliphatic rings. The maximum absolute atomic E-state index is 5.88. The number of methoxy groups -OCH3 is 6. The van der Waals surface area contributed by atoms with Gasteiger partial charge in [0.15, 0.2) is 0 Å². The first-order valence-corrected chi connectivity index (χ1v) is 28.3. The molecule has 11 nitrogen and oxygen atoms in total. The van der Waals surface area contributed by atoms with E-state index in [9.17, 15) is 0 Å². The van der Waals surface area contributed by atoms with Crippen molar-refractivity contribution in [2.75, 3.05) is 57.4 Å². The normalized spacial score (nSPS) is 12.4. The molecule has 422 valence electrons. The van der Waals surface area contributed by atoms with E-state index in [4.69, 9.17) is 33.5 Å². The Morgan fingerprint density at radius 3 is 0.918 bits per heavy atom. The van der Waals surface area contributed by atoms with Gasteiger partial charge in [-0.15, -0.1) is 0 Å². The van der Waals surface area contributed by atoms with Gasteiger partial charge in [-0.05, 0) is 227 Å². The van der Waals surface area contributed by atoms with Crippen LogP contribution in [0.5, 0.6) is 34.5 Å². The highest BCUT2D eigenvalue weighted by Crippen LogP contribution is 2.62. The second-order valence-electron chi connectivity index (χ2n) is 22.2. The highest BCUT2D eigenvalue weighted by Gasteiger charge is 2.54. The monoisotopic (exact) mass is 1120 g/mol. The molecule has 0 saturated carbocycles. The van der Waals surface area contributed by atoms with Gasteiger partial charge in [-0.25, -0.2) is 4.68 Å². The van der Waals surface area contributed by atoms with E-state index in [0.717, 1.165) is 136 Å². The van der Waals surface area contributed by atoms with Crippen molar-refractivity contribution in [1.82, 2.24) is 9.78 Å². The lowest BCUT2D eigenvalue weighted by atomic mass is 9.77. The minimum Gasteiger partial charge on any atom is -0.497 e. The predicted octanol–water partition coefficient (Wildman–Crippen LogP) is 18.1. The van der Waals surface area contributed by atoms with Gasteiger partial charge in [-0.3, -0.25) is 0 Å². The van der Waals surface area contributed by atoms with Gasteiger partial charge in [-0.2, -0.15) is 5.10 Å². The van der Waals surface area contributed by atoms with Crippen LogP contribution in [0.2, 0.25) is 0 Å². The van der Waals surface area contributed by atoms with Gasteiger partial charge in [0.1, 0.15) is 40.0 Å². The molecular weight excluding hydrogens is 1050 g/mol. The predicted molar refractivity (Wildman–Crippen MR) is 342 cm³/mol. The molecule has 0 N–H and O–H groups in total. The second-order valence-corrected chi connectivity index (χ2v) is 22.2. The first-order valence-electron chi connectivity index (χ1n) is 28.3. The van der Waals surface area contributed by atoms with Gasteiger partial charge in [0.25, 0.3) is 0 Å². The Hall–Kier alpha value is -10.4. The fourth-order valence-electron chi connectivity index (χ4n) is 12.2. The molecule has 1 spiro atoms. The first kappa shape index (κ1) is 53.9. The van der Waals surface area contributed by atoms with E-state index in [1.165, 1.54) is 5.56 Å². The first-order chi connectivity index (χ1) is 41.4. The molecule has 0 atom stereocenters. The van der Waals surface area contributed by atoms with Crippen molar-refractivity contribution in [3.05, 3.63) is 253 Å². The molecule has 0 radical (unpaired) electrons. The Labute approximate surface area is 497 Å². The number of anilines is 9. The van der Waals surface area contributed by atoms with E-state index < -0.39 is 5.54 Å². The average Bonchev–Trinajstić information content (AvgIpc) is 1.58. The highest BCUT2D eigenvalue weighted by atomic mass is 16.5. The SMILES string of the molecule is COc1ccc(N(c2ccc(OC)cc2)c2ccc(-c3cc4n(n3)C3(c5cc(N(c6ccc(OC)cc6)c6ccc(OC)cc6)ccc5-c5ccc(N(c6ccc(OC)cc6)c6ccc(OC)cc6)cc53)c3cc(C(C)(C)C)ccc3-4)cc2)cc1. The number of rotatable bonds is 16. The number of ether oxygens (including phenoxy) is 6. The van der Waals surface area contributed by atoms with Crippen LogP contribution in [0.3, 0.4) is 0 Å². The molecule has 0 unspecified atom stereocenters. The van der Waals surface area contributed by atoms with E-state index in [1.54, 1.807) is 42.7 Å². The minimum atomic E-state index is -0.975. The van der Waals surface area contributed by atoms with Crippen molar-refractivity contribution in [2.24, 2.45) is 0 Å². The fourth-order valence-corrected chi connectivity index (χ4v) is 12.2. The lowest BCUT2D eigenvalue weighted by Gasteiger charge is -2.34. The number of nitrogens with zero attached hydrogens (tertiary/aromatic N) is 5. The smallest absolute Gasteiger partial charge is 0.140 e. The highest BCUT2D eigenvalue weighted by molar-refractivity contribution is 5.94. The maximum atomic E-state index is 5.88. The molecule has 10 aromatic carbocycles. The number of aromatic nitrogens is 2. The average molecular weight is 1120 g/mol. The van der Waals surface area contributed by atoms with Crippen LogP contribution in [0.25, 0.3) is 33.6 Å². The summed E-state index contributed by atoms with van der Waals surface area (Å²) in [4.78, 5) is 6.84. The molecule has 1 aliphatic carbocycles. The van der Waals surface area contributed by atoms with Gasteiger partial charge in [0.05, 0.1) is 54.0 Å². The van der Waals surface area contributed by atoms with Gasteiger partial charge >= 0.3 is 0 Å². The van der Waals surface area contributed by atoms with Crippen molar-refractivity contribution >= 4 is 51.2 Å². The van der Waals surface area contributed by atoms with Crippen LogP contribution in [0, 0.1) is 0 Å². The Kier molecular flexibility index (Phi) is 13.8. The standard InChI is InChI=1S/C74H65N5O6/c1-73(2,3)49-12-41-67-68(44-49)74(79-72(67)47-71(75-79)48-10-13-50(14-11-48)76(51-15-29-59(80-4)30-16-51)52-17-31-60(81-5)32-18-52)69-45-57(77(53-19-33-61(82-6)34-20-53)54-21-35-62(83-7)36-22-54)27-42-65(69)66-43-28-58(46-70(66)74)78(55-23-37-63(84-8)38-24-55)56-25-39-64(85-9)40-26-56/h10-47H,1-9H3. The lowest BCUT2D eigenvalue weighted by molar-refractivity contribution is 0.414. The molecule has 85 heavy (non-hydrogen) atoms. The number of hydrogen-bond acceptors (Lipinski definition) is 10. The zero-order valence-electron chi connectivity index (χ0n) is 49.1. The molecule has 11 aromatic rings. The molecule has 0 saturated heterocycles. The zero-order chi connectivity index (χ0) is 58.6. The zero-order valence-corrected chi connectivity index (χ0v) is 49.1. The largest absolute Gasteiger partial charge is 0.497 e. The molecule has 2 heterocycles. The van der Waals surface area contributed by atoms with Crippen LogP contribution in [-0.4, -0.2) is 52.4 Å². The van der Waals surface area contributed by atoms with E-state index in [1.807, 2.05) is 72.8 Å². The van der Waals surface area contributed by atoms with Crippen LogP contribution in [0.4, 0.5) is 51.2 Å². The Morgan fingerprint density at radius 1 is 0.318 bits per heavy atom. The van der Waals surface area contributed by atoms with Crippen molar-refractivity contribution in [3.63, 3.8) is 0 Å². The molecule has 1 aromatic heterocycles. The summed E-state index contributed by atoms with van der Waals surface area (Å²) in [5, 5.41) is 5.88. The van der Waals surface area contributed by atoms with Crippen LogP contribution in [0.15, 0.2) is 231 Å². The molecule has 0 fully saturated rings. The summed E-state index contributed by atoms with van der Waals surface area (Å²) in [6, 6.07) is 81.1. The van der Waals surface area contributed by atoms with Crippen molar-refractivity contribution in [1.29, 1.82) is 0 Å². The molecular formula is C74H65N5O6. The van der Waals surface area contributed by atoms with Crippen molar-refractivity contribution in [3.8, 4) is 68.1 Å². The maximum Gasteiger partial charge on any atom is 0.140 e. The summed E-state index contributed by atoms with van der Waals surface area (Å²) in [5.41, 5.74) is 18.4. The topological polar surface area (TPSA) is 82.9 Å². The van der Waals surface area contributed by atoms with E-state index in [0.29, 0.717) is 0 Å². The van der Waals surface area contributed by atoms with Crippen LogP contribution in [-0.2, 0) is 11.0 Å². The molecule has 13 rings (SSSR count). The van der Waals surface area contributed by atoms with Gasteiger partial charge < -0.3 is 43.1 Å². The fraction of sp³-hybridized carbons (Fsp3) is 0.149. The van der Waals surface area contributed by atoms with E-state index in [-0.39, 0.29) is 5.41 Å². The molecule has 1 aliphatic heterocycles. The molecule has 11 heteroatoms. The van der Waals surface area contributed by atoms with Crippen molar-refractivity contribution < 1.29 is 28.4 Å². The number of benzene rings is 10. The van der Waals surface area contributed by atoms with Gasteiger partial charge in [-0.1, -0.05) is 63.2 Å². The quantitative estimate of drug-likeness (QED) is 0.0933.